The Labute approximate surface area is 272 Å². The molecule has 3 N–H and O–H groups in total. The highest BCUT2D eigenvalue weighted by atomic mass is 16.5. The number of unbranched alkanes of at least 4 members (excludes halogenated alkanes) is 3. The maximum Gasteiger partial charge on any atom is 0.255 e. The summed E-state index contributed by atoms with van der Waals surface area (Å²) in [7, 11) is 0. The summed E-state index contributed by atoms with van der Waals surface area (Å²) < 4.78 is 17.4. The van der Waals surface area contributed by atoms with Crippen LogP contribution in [-0.2, 0) is 25.6 Å². The molecule has 0 spiro atoms. The molecule has 0 bridgehead atoms. The van der Waals surface area contributed by atoms with Gasteiger partial charge in [-0.3, -0.25) is 24.6 Å². The van der Waals surface area contributed by atoms with Crippen LogP contribution in [0.1, 0.15) is 73.0 Å². The van der Waals surface area contributed by atoms with Crippen LogP contribution in [0.25, 0.3) is 0 Å². The van der Waals surface area contributed by atoms with E-state index in [9.17, 15) is 14.4 Å². The smallest absolute Gasteiger partial charge is 0.255 e. The first kappa shape index (κ1) is 33.8. The number of fused-ring (bicyclic) bond motifs is 1. The number of benzene rings is 2. The third-order valence-corrected chi connectivity index (χ3v) is 9.00. The minimum Gasteiger partial charge on any atom is -0.494 e. The number of nitrogens with two attached hydrogens (primary N) is 1. The molecule has 3 amide bonds. The Morgan fingerprint density at radius 3 is 2.41 bits per heavy atom. The van der Waals surface area contributed by atoms with E-state index in [1.165, 1.54) is 0 Å². The second-order valence-corrected chi connectivity index (χ2v) is 12.4. The number of anilines is 1. The number of piperazine rings is 1. The fraction of sp³-hybridized carbons (Fsp3) is 0.571. The summed E-state index contributed by atoms with van der Waals surface area (Å²) in [6, 6.07) is 13.4. The van der Waals surface area contributed by atoms with Gasteiger partial charge in [0.2, 0.25) is 11.8 Å². The number of ether oxygens (including phenoxy) is 3. The molecule has 2 aromatic carbocycles. The zero-order chi connectivity index (χ0) is 32.3. The summed E-state index contributed by atoms with van der Waals surface area (Å²) in [5, 5.41) is 2.36. The van der Waals surface area contributed by atoms with Gasteiger partial charge in [-0.25, -0.2) is 0 Å². The van der Waals surface area contributed by atoms with Crippen LogP contribution in [0.2, 0.25) is 0 Å². The van der Waals surface area contributed by atoms with Crippen molar-refractivity contribution >= 4 is 23.4 Å². The van der Waals surface area contributed by atoms with E-state index in [-0.39, 0.29) is 30.2 Å². The fourth-order valence-corrected chi connectivity index (χ4v) is 6.24. The molecule has 0 saturated carbocycles. The largest absolute Gasteiger partial charge is 0.494 e. The molecule has 2 aromatic rings. The average molecular weight is 636 g/mol. The maximum atomic E-state index is 13.0. The second-order valence-electron chi connectivity index (χ2n) is 12.4. The van der Waals surface area contributed by atoms with Gasteiger partial charge in [0.15, 0.2) is 0 Å². The number of hydrogen-bond donors (Lipinski definition) is 2. The SMILES string of the molecule is C[C@@H](N)c1cccc(OCCCCCCOCCOCCN2CCN(c3ccc4c(c3)CN(C3CCC(=O)NC3=O)C4=O)CC2)c1. The summed E-state index contributed by atoms with van der Waals surface area (Å²) in [6.45, 7) is 10.4. The molecular weight excluding hydrogens is 586 g/mol. The Balaban J connectivity index is 0.876. The average Bonchev–Trinajstić information content (AvgIpc) is 3.38. The zero-order valence-electron chi connectivity index (χ0n) is 27.1. The van der Waals surface area contributed by atoms with Gasteiger partial charge >= 0.3 is 0 Å². The van der Waals surface area contributed by atoms with Crippen LogP contribution in [0, 0.1) is 0 Å². The number of carbonyl (C=O) groups excluding carboxylic acids is 3. The van der Waals surface area contributed by atoms with E-state index in [2.05, 4.69) is 21.2 Å². The molecule has 3 aliphatic heterocycles. The first-order valence-electron chi connectivity index (χ1n) is 16.8. The number of nitrogens with zero attached hydrogens (tertiary/aromatic N) is 3. The van der Waals surface area contributed by atoms with Crippen LogP contribution >= 0.6 is 0 Å². The lowest BCUT2D eigenvalue weighted by molar-refractivity contribution is -0.136. The van der Waals surface area contributed by atoms with Gasteiger partial charge in [-0.05, 0) is 74.1 Å². The standard InChI is InChI=1S/C35H49N5O6/c1-26(36)27-7-6-8-30(24-27)46-19-5-3-2-4-18-44-21-22-45-20-17-38-13-15-39(16-14-38)29-9-10-31-28(23-29)25-40(35(31)43)32-11-12-33(41)37-34(32)42/h6-10,23-24,26,32H,2-5,11-22,25,36H2,1H3,(H,37,41,42)/t26-,32?/m1/s1. The number of hydrogen-bond acceptors (Lipinski definition) is 9. The number of piperidine rings is 1. The Bertz CT molecular complexity index is 1330. The van der Waals surface area contributed by atoms with Crippen molar-refractivity contribution in [2.24, 2.45) is 5.73 Å². The topological polar surface area (TPSA) is 127 Å². The predicted octanol–water partition coefficient (Wildman–Crippen LogP) is 3.26. The van der Waals surface area contributed by atoms with Crippen LogP contribution in [0.3, 0.4) is 0 Å². The monoisotopic (exact) mass is 635 g/mol. The summed E-state index contributed by atoms with van der Waals surface area (Å²) in [4.78, 5) is 43.2. The van der Waals surface area contributed by atoms with Crippen molar-refractivity contribution in [1.29, 1.82) is 0 Å². The normalized spacial score (nSPS) is 19.3. The third kappa shape index (κ3) is 9.28. The van der Waals surface area contributed by atoms with Gasteiger partial charge in [-0.15, -0.1) is 0 Å². The molecule has 250 valence electrons. The van der Waals surface area contributed by atoms with E-state index in [0.29, 0.717) is 38.3 Å². The number of nitrogens with one attached hydrogen (secondary N) is 1. The molecule has 0 aliphatic carbocycles. The van der Waals surface area contributed by atoms with E-state index in [0.717, 1.165) is 94.2 Å². The molecule has 1 unspecified atom stereocenters. The van der Waals surface area contributed by atoms with Crippen molar-refractivity contribution in [2.75, 3.05) is 70.7 Å². The lowest BCUT2D eigenvalue weighted by atomic mass is 10.0. The molecule has 3 heterocycles. The molecule has 2 saturated heterocycles. The molecule has 11 nitrogen and oxygen atoms in total. The molecule has 46 heavy (non-hydrogen) atoms. The van der Waals surface area contributed by atoms with Gasteiger partial charge < -0.3 is 29.7 Å². The van der Waals surface area contributed by atoms with E-state index in [4.69, 9.17) is 19.9 Å². The van der Waals surface area contributed by atoms with Crippen LogP contribution in [0.5, 0.6) is 5.75 Å². The van der Waals surface area contributed by atoms with Crippen LogP contribution in [0.15, 0.2) is 42.5 Å². The van der Waals surface area contributed by atoms with Crippen molar-refractivity contribution in [3.05, 3.63) is 59.2 Å². The van der Waals surface area contributed by atoms with E-state index in [1.54, 1.807) is 4.90 Å². The number of imide groups is 1. The van der Waals surface area contributed by atoms with Gasteiger partial charge in [0.05, 0.1) is 26.4 Å². The Hall–Kier alpha value is -3.51. The van der Waals surface area contributed by atoms with Crippen molar-refractivity contribution < 1.29 is 28.6 Å². The van der Waals surface area contributed by atoms with Gasteiger partial charge in [0.1, 0.15) is 11.8 Å². The molecule has 11 heteroatoms. The lowest BCUT2D eigenvalue weighted by Gasteiger charge is -2.36. The van der Waals surface area contributed by atoms with Crippen molar-refractivity contribution in [3.63, 3.8) is 0 Å². The van der Waals surface area contributed by atoms with Crippen molar-refractivity contribution in [3.8, 4) is 5.75 Å². The highest BCUT2D eigenvalue weighted by molar-refractivity contribution is 6.05. The van der Waals surface area contributed by atoms with E-state index >= 15 is 0 Å². The minimum atomic E-state index is -0.587. The Morgan fingerprint density at radius 1 is 0.891 bits per heavy atom. The summed E-state index contributed by atoms with van der Waals surface area (Å²) in [5.41, 5.74) is 9.72. The van der Waals surface area contributed by atoms with Gasteiger partial charge in [0.25, 0.3) is 5.91 Å². The van der Waals surface area contributed by atoms with E-state index < -0.39 is 6.04 Å². The molecule has 5 rings (SSSR count). The lowest BCUT2D eigenvalue weighted by Crippen LogP contribution is -2.52. The summed E-state index contributed by atoms with van der Waals surface area (Å²) >= 11 is 0. The van der Waals surface area contributed by atoms with Crippen molar-refractivity contribution in [2.45, 2.75) is 64.1 Å². The Morgan fingerprint density at radius 2 is 1.65 bits per heavy atom. The van der Waals surface area contributed by atoms with Crippen LogP contribution in [0.4, 0.5) is 5.69 Å². The maximum absolute atomic E-state index is 13.0. The fourth-order valence-electron chi connectivity index (χ4n) is 6.24. The van der Waals surface area contributed by atoms with Gasteiger partial charge in [-0.2, -0.15) is 0 Å². The number of amides is 3. The first-order chi connectivity index (χ1) is 22.4. The molecule has 3 aliphatic rings. The van der Waals surface area contributed by atoms with Crippen LogP contribution in [-0.4, -0.2) is 99.3 Å². The highest BCUT2D eigenvalue weighted by Crippen LogP contribution is 2.31. The first-order valence-corrected chi connectivity index (χ1v) is 16.8. The predicted molar refractivity (Wildman–Crippen MR) is 176 cm³/mol. The quantitative estimate of drug-likeness (QED) is 0.199. The molecule has 2 fully saturated rings. The number of carbonyl (C=O) groups is 3. The summed E-state index contributed by atoms with van der Waals surface area (Å²) in [6.07, 6.45) is 4.95. The zero-order valence-corrected chi connectivity index (χ0v) is 27.1. The molecular formula is C35H49N5O6. The Kier molecular flexibility index (Phi) is 12.4. The molecule has 0 radical (unpaired) electrons. The molecule has 2 atom stereocenters. The second kappa shape index (κ2) is 16.9. The van der Waals surface area contributed by atoms with E-state index in [1.807, 2.05) is 43.3 Å². The minimum absolute atomic E-state index is 0.0137. The highest BCUT2D eigenvalue weighted by Gasteiger charge is 2.39. The van der Waals surface area contributed by atoms with Crippen molar-refractivity contribution in [1.82, 2.24) is 15.1 Å². The van der Waals surface area contributed by atoms with Crippen LogP contribution < -0.4 is 20.7 Å². The van der Waals surface area contributed by atoms with Gasteiger partial charge in [-0.1, -0.05) is 18.6 Å². The summed E-state index contributed by atoms with van der Waals surface area (Å²) in [5.74, 6) is 0.0985. The molecule has 0 aromatic heterocycles. The third-order valence-electron chi connectivity index (χ3n) is 9.00. The van der Waals surface area contributed by atoms with Gasteiger partial charge in [0, 0.05) is 69.6 Å². The number of rotatable bonds is 17.